The van der Waals surface area contributed by atoms with Crippen molar-refractivity contribution in [3.63, 3.8) is 0 Å². The van der Waals surface area contributed by atoms with Crippen LogP contribution in [0.1, 0.15) is 32.1 Å². The van der Waals surface area contributed by atoms with Gasteiger partial charge in [-0.1, -0.05) is 42.5 Å². The van der Waals surface area contributed by atoms with Gasteiger partial charge >= 0.3 is 0 Å². The number of benzene rings is 1. The normalized spacial score (nSPS) is 16.3. The van der Waals surface area contributed by atoms with Crippen molar-refractivity contribution in [2.24, 2.45) is 0 Å². The van der Waals surface area contributed by atoms with Gasteiger partial charge in [0.25, 0.3) is 0 Å². The molecule has 1 N–H and O–H groups in total. The molecule has 0 saturated heterocycles. The van der Waals surface area contributed by atoms with Crippen LogP contribution in [-0.2, 0) is 4.79 Å². The highest BCUT2D eigenvalue weighted by atomic mass is 35.5. The predicted molar refractivity (Wildman–Crippen MR) is 84.4 cm³/mol. The molecule has 0 bridgehead atoms. The minimum Gasteiger partial charge on any atom is -0.324 e. The van der Waals surface area contributed by atoms with E-state index in [9.17, 15) is 4.79 Å². The molecular weight excluding hydrogens is 301 g/mol. The van der Waals surface area contributed by atoms with Crippen LogP contribution in [-0.4, -0.2) is 16.9 Å². The maximum Gasteiger partial charge on any atom is 0.234 e. The summed E-state index contributed by atoms with van der Waals surface area (Å²) in [4.78, 5) is 11.9. The number of carbonyl (C=O) groups is 1. The molecule has 1 aromatic rings. The minimum atomic E-state index is -0.0141. The smallest absolute Gasteiger partial charge is 0.234 e. The summed E-state index contributed by atoms with van der Waals surface area (Å²) in [7, 11) is 0. The first kappa shape index (κ1) is 15.0. The second-order valence-corrected chi connectivity index (χ2v) is 6.88. The number of rotatable bonds is 4. The van der Waals surface area contributed by atoms with Crippen LogP contribution in [0.2, 0.25) is 10.0 Å². The molecule has 1 saturated carbocycles. The SMILES string of the molecule is O=C(CSC1CCCCC1)Nc1cc(Cl)ccc1Cl. The fourth-order valence-electron chi connectivity index (χ4n) is 2.20. The molecule has 5 heteroatoms. The third-order valence-corrected chi connectivity index (χ3v) is 5.14. The van der Waals surface area contributed by atoms with Gasteiger partial charge in [0, 0.05) is 10.3 Å². The zero-order valence-corrected chi connectivity index (χ0v) is 13.0. The topological polar surface area (TPSA) is 29.1 Å². The Morgan fingerprint density at radius 2 is 2.00 bits per heavy atom. The highest BCUT2D eigenvalue weighted by Gasteiger charge is 2.15. The lowest BCUT2D eigenvalue weighted by Crippen LogP contribution is -2.18. The van der Waals surface area contributed by atoms with Crippen molar-refractivity contribution in [3.05, 3.63) is 28.2 Å². The van der Waals surface area contributed by atoms with Crippen molar-refractivity contribution in [3.8, 4) is 0 Å². The number of anilines is 1. The molecule has 0 aliphatic heterocycles. The highest BCUT2D eigenvalue weighted by Crippen LogP contribution is 2.29. The molecule has 2 nitrogen and oxygen atoms in total. The van der Waals surface area contributed by atoms with Crippen LogP contribution < -0.4 is 5.32 Å². The summed E-state index contributed by atoms with van der Waals surface area (Å²) in [5.41, 5.74) is 0.586. The van der Waals surface area contributed by atoms with E-state index >= 15 is 0 Å². The van der Waals surface area contributed by atoms with Crippen LogP contribution in [0.15, 0.2) is 18.2 Å². The fraction of sp³-hybridized carbons (Fsp3) is 0.500. The monoisotopic (exact) mass is 317 g/mol. The van der Waals surface area contributed by atoms with Gasteiger partial charge < -0.3 is 5.32 Å². The van der Waals surface area contributed by atoms with E-state index in [1.54, 1.807) is 30.0 Å². The molecule has 104 valence electrons. The van der Waals surface area contributed by atoms with Gasteiger partial charge in [-0.3, -0.25) is 4.79 Å². The van der Waals surface area contributed by atoms with Crippen LogP contribution in [0, 0.1) is 0 Å². The zero-order valence-electron chi connectivity index (χ0n) is 10.6. The quantitative estimate of drug-likeness (QED) is 0.846. The molecule has 1 aromatic carbocycles. The summed E-state index contributed by atoms with van der Waals surface area (Å²) in [5, 5.41) is 4.53. The van der Waals surface area contributed by atoms with Crippen molar-refractivity contribution < 1.29 is 4.79 Å². The third-order valence-electron chi connectivity index (χ3n) is 3.20. The number of amides is 1. The van der Waals surface area contributed by atoms with E-state index in [4.69, 9.17) is 23.2 Å². The Morgan fingerprint density at radius 3 is 2.74 bits per heavy atom. The Morgan fingerprint density at radius 1 is 1.26 bits per heavy atom. The zero-order chi connectivity index (χ0) is 13.7. The largest absolute Gasteiger partial charge is 0.324 e. The maximum absolute atomic E-state index is 11.9. The Hall–Kier alpha value is -0.380. The standard InChI is InChI=1S/C14H17Cl2NOS/c15-10-6-7-12(16)13(8-10)17-14(18)9-19-11-4-2-1-3-5-11/h6-8,11H,1-5,9H2,(H,17,18). The average Bonchev–Trinajstić information content (AvgIpc) is 2.42. The lowest BCUT2D eigenvalue weighted by atomic mass is 10.0. The molecule has 0 atom stereocenters. The third kappa shape index (κ3) is 4.90. The molecular formula is C14H17Cl2NOS. The van der Waals surface area contributed by atoms with Crippen LogP contribution in [0.3, 0.4) is 0 Å². The summed E-state index contributed by atoms with van der Waals surface area (Å²) < 4.78 is 0. The van der Waals surface area contributed by atoms with E-state index < -0.39 is 0 Å². The van der Waals surface area contributed by atoms with Crippen LogP contribution in [0.4, 0.5) is 5.69 Å². The minimum absolute atomic E-state index is 0.0141. The Balaban J connectivity index is 1.81. The number of halogens is 2. The molecule has 1 fully saturated rings. The first-order valence-electron chi connectivity index (χ1n) is 6.51. The Labute approximate surface area is 128 Å². The molecule has 0 aromatic heterocycles. The van der Waals surface area contributed by atoms with Crippen molar-refractivity contribution in [1.29, 1.82) is 0 Å². The molecule has 1 aliphatic rings. The van der Waals surface area contributed by atoms with Gasteiger partial charge in [0.15, 0.2) is 0 Å². The lowest BCUT2D eigenvalue weighted by Gasteiger charge is -2.20. The highest BCUT2D eigenvalue weighted by molar-refractivity contribution is 8.00. The average molecular weight is 318 g/mol. The Bertz CT molecular complexity index is 447. The number of hydrogen-bond acceptors (Lipinski definition) is 2. The van der Waals surface area contributed by atoms with Gasteiger partial charge in [0.1, 0.15) is 0 Å². The second kappa shape index (κ2) is 7.41. The number of carbonyl (C=O) groups excluding carboxylic acids is 1. The predicted octanol–water partition coefficient (Wildman–Crippen LogP) is 5.00. The van der Waals surface area contributed by atoms with Gasteiger partial charge in [0.2, 0.25) is 5.91 Å². The van der Waals surface area contributed by atoms with E-state index in [0.29, 0.717) is 26.7 Å². The van der Waals surface area contributed by atoms with Crippen molar-refractivity contribution >= 4 is 46.6 Å². The molecule has 1 aliphatic carbocycles. The summed E-state index contributed by atoms with van der Waals surface area (Å²) >= 11 is 13.6. The maximum atomic E-state index is 11.9. The van der Waals surface area contributed by atoms with E-state index in [0.717, 1.165) is 0 Å². The number of nitrogens with one attached hydrogen (secondary N) is 1. The van der Waals surface area contributed by atoms with Crippen LogP contribution in [0.25, 0.3) is 0 Å². The van der Waals surface area contributed by atoms with Gasteiger partial charge in [-0.15, -0.1) is 11.8 Å². The number of hydrogen-bond donors (Lipinski definition) is 1. The molecule has 1 amide bonds. The molecule has 19 heavy (non-hydrogen) atoms. The van der Waals surface area contributed by atoms with Crippen molar-refractivity contribution in [2.45, 2.75) is 37.4 Å². The summed E-state index contributed by atoms with van der Waals surface area (Å²) in [6.07, 6.45) is 6.38. The van der Waals surface area contributed by atoms with Crippen molar-refractivity contribution in [1.82, 2.24) is 0 Å². The van der Waals surface area contributed by atoms with E-state index in [2.05, 4.69) is 5.32 Å². The van der Waals surface area contributed by atoms with Gasteiger partial charge in [-0.2, -0.15) is 0 Å². The van der Waals surface area contributed by atoms with E-state index in [1.807, 2.05) is 0 Å². The van der Waals surface area contributed by atoms with Crippen molar-refractivity contribution in [2.75, 3.05) is 11.1 Å². The molecule has 0 spiro atoms. The first-order valence-corrected chi connectivity index (χ1v) is 8.32. The molecule has 0 unspecified atom stereocenters. The van der Waals surface area contributed by atoms with E-state index in [1.165, 1.54) is 32.1 Å². The van der Waals surface area contributed by atoms with E-state index in [-0.39, 0.29) is 5.91 Å². The van der Waals surface area contributed by atoms with Gasteiger partial charge in [-0.05, 0) is 31.0 Å². The fourth-order valence-corrected chi connectivity index (χ4v) is 3.67. The molecule has 0 radical (unpaired) electrons. The van der Waals surface area contributed by atoms with Crippen LogP contribution >= 0.6 is 35.0 Å². The second-order valence-electron chi connectivity index (χ2n) is 4.74. The number of thioether (sulfide) groups is 1. The molecule has 2 rings (SSSR count). The first-order chi connectivity index (χ1) is 9.15. The van der Waals surface area contributed by atoms with Gasteiger partial charge in [0.05, 0.1) is 16.5 Å². The van der Waals surface area contributed by atoms with Crippen LogP contribution in [0.5, 0.6) is 0 Å². The molecule has 0 heterocycles. The Kier molecular flexibility index (Phi) is 5.86. The lowest BCUT2D eigenvalue weighted by molar-refractivity contribution is -0.113. The van der Waals surface area contributed by atoms with Gasteiger partial charge in [-0.25, -0.2) is 0 Å². The summed E-state index contributed by atoms with van der Waals surface area (Å²) in [5.74, 6) is 0.466. The summed E-state index contributed by atoms with van der Waals surface area (Å²) in [6, 6.07) is 5.07. The summed E-state index contributed by atoms with van der Waals surface area (Å²) in [6.45, 7) is 0.